The van der Waals surface area contributed by atoms with Crippen molar-refractivity contribution in [2.24, 2.45) is 0 Å². The van der Waals surface area contributed by atoms with Crippen molar-refractivity contribution in [3.8, 4) is 0 Å². The zero-order valence-corrected chi connectivity index (χ0v) is 11.3. The molecule has 0 aliphatic rings. The summed E-state index contributed by atoms with van der Waals surface area (Å²) >= 11 is 5.79. The summed E-state index contributed by atoms with van der Waals surface area (Å²) in [5.74, 6) is -1.30. The second-order valence-corrected chi connectivity index (χ2v) is 5.91. The van der Waals surface area contributed by atoms with Gasteiger partial charge in [0.15, 0.2) is 5.15 Å². The molecule has 2 N–H and O–H groups in total. The Morgan fingerprint density at radius 1 is 1.56 bits per heavy atom. The van der Waals surface area contributed by atoms with Gasteiger partial charge in [0.25, 0.3) is 0 Å². The molecule has 0 radical (unpaired) electrons. The number of pyridine rings is 1. The molecule has 0 bridgehead atoms. The first-order valence-electron chi connectivity index (χ1n) is 5.15. The van der Waals surface area contributed by atoms with Gasteiger partial charge >= 0.3 is 5.97 Å². The van der Waals surface area contributed by atoms with E-state index >= 15 is 0 Å². The van der Waals surface area contributed by atoms with Gasteiger partial charge in [0, 0.05) is 12.6 Å². The van der Waals surface area contributed by atoms with Gasteiger partial charge in [-0.1, -0.05) is 11.6 Å². The van der Waals surface area contributed by atoms with Crippen LogP contribution in [0.3, 0.4) is 0 Å². The quantitative estimate of drug-likeness (QED) is 0.777. The molecule has 0 aromatic carbocycles. The summed E-state index contributed by atoms with van der Waals surface area (Å²) in [4.78, 5) is 14.1. The van der Waals surface area contributed by atoms with Crippen molar-refractivity contribution >= 4 is 33.3 Å². The summed E-state index contributed by atoms with van der Waals surface area (Å²) in [6.07, 6.45) is 1.32. The third-order valence-electron chi connectivity index (χ3n) is 2.17. The Bertz CT molecular complexity index is 525. The number of nitrogens with zero attached hydrogens (tertiary/aromatic N) is 1. The fourth-order valence-corrected chi connectivity index (χ4v) is 2.77. The number of anilines is 1. The number of sulfonamides is 1. The lowest BCUT2D eigenvalue weighted by Gasteiger charge is -2.10. The molecule has 0 saturated carbocycles. The largest absolute Gasteiger partial charge is 0.481 e. The second-order valence-electron chi connectivity index (χ2n) is 3.71. The van der Waals surface area contributed by atoms with Gasteiger partial charge in [-0.05, 0) is 25.0 Å². The summed E-state index contributed by atoms with van der Waals surface area (Å²) in [5.41, 5.74) is 0.881. The number of hydrogen-bond acceptors (Lipinski definition) is 4. The minimum absolute atomic E-state index is 0.0432. The summed E-state index contributed by atoms with van der Waals surface area (Å²) < 4.78 is 25.7. The molecule has 0 spiro atoms. The fourth-order valence-electron chi connectivity index (χ4n) is 1.27. The van der Waals surface area contributed by atoms with E-state index in [2.05, 4.69) is 9.71 Å². The molecule has 0 saturated heterocycles. The molecule has 0 aliphatic heterocycles. The first-order chi connectivity index (χ1) is 8.32. The molecule has 0 atom stereocenters. The van der Waals surface area contributed by atoms with Crippen LogP contribution in [-0.2, 0) is 14.8 Å². The molecule has 1 aromatic heterocycles. The van der Waals surface area contributed by atoms with Crippen molar-refractivity contribution in [3.05, 3.63) is 23.0 Å². The summed E-state index contributed by atoms with van der Waals surface area (Å²) in [6.45, 7) is 1.70. The first kappa shape index (κ1) is 14.7. The Balaban J connectivity index is 2.74. The number of hydrogen-bond donors (Lipinski definition) is 2. The van der Waals surface area contributed by atoms with Crippen molar-refractivity contribution in [1.29, 1.82) is 0 Å². The SMILES string of the molecule is Cc1ccnc(Cl)c1NS(=O)(=O)CCCC(=O)O. The highest BCUT2D eigenvalue weighted by molar-refractivity contribution is 7.92. The standard InChI is InChI=1S/C10H13ClN2O4S/c1-7-4-5-12-10(11)9(7)13-18(16,17)6-2-3-8(14)15/h4-5,13H,2-3,6H2,1H3,(H,14,15). The highest BCUT2D eigenvalue weighted by atomic mass is 35.5. The molecule has 8 heteroatoms. The van der Waals surface area contributed by atoms with Crippen molar-refractivity contribution in [1.82, 2.24) is 4.98 Å². The van der Waals surface area contributed by atoms with E-state index < -0.39 is 16.0 Å². The number of halogens is 1. The van der Waals surface area contributed by atoms with Gasteiger partial charge in [-0.3, -0.25) is 9.52 Å². The van der Waals surface area contributed by atoms with Gasteiger partial charge < -0.3 is 5.11 Å². The Morgan fingerprint density at radius 2 is 2.22 bits per heavy atom. The summed E-state index contributed by atoms with van der Waals surface area (Å²) in [7, 11) is -3.61. The molecule has 0 unspecified atom stereocenters. The van der Waals surface area contributed by atoms with Crippen LogP contribution in [0.5, 0.6) is 0 Å². The maximum atomic E-state index is 11.7. The van der Waals surface area contributed by atoms with Crippen LogP contribution in [0.1, 0.15) is 18.4 Å². The van der Waals surface area contributed by atoms with E-state index in [-0.39, 0.29) is 29.4 Å². The molecule has 18 heavy (non-hydrogen) atoms. The predicted octanol–water partition coefficient (Wildman–Crippen LogP) is 1.65. The smallest absolute Gasteiger partial charge is 0.303 e. The van der Waals surface area contributed by atoms with E-state index in [9.17, 15) is 13.2 Å². The van der Waals surface area contributed by atoms with Crippen molar-refractivity contribution in [3.63, 3.8) is 0 Å². The van der Waals surface area contributed by atoms with Crippen molar-refractivity contribution < 1.29 is 18.3 Å². The number of rotatable bonds is 6. The Kier molecular flexibility index (Phi) is 4.92. The third-order valence-corrected chi connectivity index (χ3v) is 3.80. The minimum Gasteiger partial charge on any atom is -0.481 e. The van der Waals surface area contributed by atoms with Crippen LogP contribution >= 0.6 is 11.6 Å². The fraction of sp³-hybridized carbons (Fsp3) is 0.400. The van der Waals surface area contributed by atoms with E-state index in [1.54, 1.807) is 13.0 Å². The first-order valence-corrected chi connectivity index (χ1v) is 7.18. The van der Waals surface area contributed by atoms with Crippen LogP contribution in [0.25, 0.3) is 0 Å². The molecule has 1 aromatic rings. The highest BCUT2D eigenvalue weighted by Crippen LogP contribution is 2.24. The van der Waals surface area contributed by atoms with Gasteiger partial charge in [0.05, 0.1) is 11.4 Å². The molecule has 6 nitrogen and oxygen atoms in total. The normalized spacial score (nSPS) is 11.2. The highest BCUT2D eigenvalue weighted by Gasteiger charge is 2.15. The van der Waals surface area contributed by atoms with Crippen LogP contribution < -0.4 is 4.72 Å². The van der Waals surface area contributed by atoms with Crippen LogP contribution in [-0.4, -0.2) is 30.2 Å². The molecule has 1 heterocycles. The Morgan fingerprint density at radius 3 is 2.78 bits per heavy atom. The lowest BCUT2D eigenvalue weighted by molar-refractivity contribution is -0.137. The van der Waals surface area contributed by atoms with Gasteiger partial charge in [-0.2, -0.15) is 0 Å². The Labute approximate surface area is 110 Å². The average Bonchev–Trinajstić information content (AvgIpc) is 2.23. The maximum absolute atomic E-state index is 11.7. The van der Waals surface area contributed by atoms with Crippen LogP contribution in [0.4, 0.5) is 5.69 Å². The molecule has 0 aliphatic carbocycles. The Hall–Kier alpha value is -1.34. The number of aryl methyl sites for hydroxylation is 1. The summed E-state index contributed by atoms with van der Waals surface area (Å²) in [5, 5.41) is 8.51. The molecular weight excluding hydrogens is 280 g/mol. The predicted molar refractivity (Wildman–Crippen MR) is 68.3 cm³/mol. The number of aliphatic carboxylic acids is 1. The number of carbonyl (C=O) groups is 1. The van der Waals surface area contributed by atoms with Gasteiger partial charge in [0.1, 0.15) is 0 Å². The van der Waals surface area contributed by atoms with E-state index in [0.29, 0.717) is 5.56 Å². The second kappa shape index (κ2) is 6.01. The lowest BCUT2D eigenvalue weighted by atomic mass is 10.3. The number of nitrogens with one attached hydrogen (secondary N) is 1. The zero-order chi connectivity index (χ0) is 13.8. The molecule has 0 amide bonds. The average molecular weight is 293 g/mol. The minimum atomic E-state index is -3.61. The molecule has 100 valence electrons. The monoisotopic (exact) mass is 292 g/mol. The van der Waals surface area contributed by atoms with E-state index in [1.165, 1.54) is 6.20 Å². The topological polar surface area (TPSA) is 96.4 Å². The van der Waals surface area contributed by atoms with Crippen LogP contribution in [0.2, 0.25) is 5.15 Å². The molecular formula is C10H13ClN2O4S. The molecule has 0 fully saturated rings. The van der Waals surface area contributed by atoms with Gasteiger partial charge in [-0.15, -0.1) is 0 Å². The van der Waals surface area contributed by atoms with E-state index in [4.69, 9.17) is 16.7 Å². The third kappa shape index (κ3) is 4.50. The number of aromatic nitrogens is 1. The maximum Gasteiger partial charge on any atom is 0.303 e. The van der Waals surface area contributed by atoms with Gasteiger partial charge in [0.2, 0.25) is 10.0 Å². The van der Waals surface area contributed by atoms with Crippen LogP contribution in [0, 0.1) is 6.92 Å². The number of carboxylic acid groups (broad SMARTS) is 1. The van der Waals surface area contributed by atoms with Crippen LogP contribution in [0.15, 0.2) is 12.3 Å². The lowest BCUT2D eigenvalue weighted by Crippen LogP contribution is -2.18. The van der Waals surface area contributed by atoms with Crippen molar-refractivity contribution in [2.45, 2.75) is 19.8 Å². The molecule has 1 rings (SSSR count). The van der Waals surface area contributed by atoms with E-state index in [0.717, 1.165) is 0 Å². The van der Waals surface area contributed by atoms with Gasteiger partial charge in [-0.25, -0.2) is 13.4 Å². The summed E-state index contributed by atoms with van der Waals surface area (Å²) in [6, 6.07) is 1.63. The van der Waals surface area contributed by atoms with Crippen molar-refractivity contribution in [2.75, 3.05) is 10.5 Å². The zero-order valence-electron chi connectivity index (χ0n) is 9.68. The number of carboxylic acids is 1. The van der Waals surface area contributed by atoms with E-state index in [1.807, 2.05) is 0 Å².